The lowest BCUT2D eigenvalue weighted by atomic mass is 10.0. The van der Waals surface area contributed by atoms with E-state index in [-0.39, 0.29) is 11.9 Å². The van der Waals surface area contributed by atoms with Gasteiger partial charge in [-0.1, -0.05) is 17.7 Å². The summed E-state index contributed by atoms with van der Waals surface area (Å²) in [6.07, 6.45) is 3.49. The van der Waals surface area contributed by atoms with Crippen LogP contribution in [0.5, 0.6) is 5.95 Å². The molecule has 0 aliphatic carbocycles. The van der Waals surface area contributed by atoms with Crippen LogP contribution in [-0.2, 0) is 0 Å². The quantitative estimate of drug-likeness (QED) is 0.405. The van der Waals surface area contributed by atoms with Gasteiger partial charge in [-0.3, -0.25) is 14.7 Å². The van der Waals surface area contributed by atoms with Crippen molar-refractivity contribution >= 4 is 29.3 Å². The predicted octanol–water partition coefficient (Wildman–Crippen LogP) is 5.35. The van der Waals surface area contributed by atoms with Crippen molar-refractivity contribution in [3.05, 3.63) is 76.3 Å². The standard InChI is InChI=1S/C29H33ClN4O4/c1-19-7-8-24(14-25(19)30)34(29(36)38-26-6-4-13-37-26)12-5-11-32-15-22-17-33(18-23(22)16-32)28(35)27-20(2)9-10-31-21(27)3/h4,6-10,13-14,22-23H,5,11-12,15-18H2,1-3H3. The number of ether oxygens (including phenoxy) is 1. The second-order valence-corrected chi connectivity index (χ2v) is 10.7. The van der Waals surface area contributed by atoms with Crippen molar-refractivity contribution in [2.45, 2.75) is 27.2 Å². The third kappa shape index (κ3) is 5.56. The maximum absolute atomic E-state index is 13.2. The van der Waals surface area contributed by atoms with Gasteiger partial charge >= 0.3 is 6.09 Å². The molecule has 0 bridgehead atoms. The Morgan fingerprint density at radius 3 is 2.50 bits per heavy atom. The lowest BCUT2D eigenvalue weighted by Crippen LogP contribution is -2.37. The number of amides is 2. The SMILES string of the molecule is Cc1ccc(N(CCCN2CC3CN(C(=O)c4c(C)ccnc4C)CC3C2)C(=O)Oc2ccco2)cc1Cl. The van der Waals surface area contributed by atoms with Crippen LogP contribution in [0.2, 0.25) is 5.02 Å². The van der Waals surface area contributed by atoms with Gasteiger partial charge in [-0.15, -0.1) is 0 Å². The minimum absolute atomic E-state index is 0.0940. The highest BCUT2D eigenvalue weighted by molar-refractivity contribution is 6.31. The lowest BCUT2D eigenvalue weighted by molar-refractivity contribution is 0.0772. The maximum atomic E-state index is 13.2. The molecule has 2 amide bonds. The number of anilines is 1. The van der Waals surface area contributed by atoms with Gasteiger partial charge in [0.25, 0.3) is 11.9 Å². The van der Waals surface area contributed by atoms with E-state index >= 15 is 0 Å². The Bertz CT molecular complexity index is 1280. The van der Waals surface area contributed by atoms with Crippen LogP contribution in [0.3, 0.4) is 0 Å². The molecular weight excluding hydrogens is 504 g/mol. The van der Waals surface area contributed by atoms with E-state index in [1.807, 2.05) is 43.9 Å². The Morgan fingerprint density at radius 2 is 1.84 bits per heavy atom. The molecule has 200 valence electrons. The number of fused-ring (bicyclic) bond motifs is 1. The van der Waals surface area contributed by atoms with Crippen LogP contribution < -0.4 is 9.64 Å². The summed E-state index contributed by atoms with van der Waals surface area (Å²) in [7, 11) is 0. The minimum Gasteiger partial charge on any atom is -0.434 e. The number of hydrogen-bond acceptors (Lipinski definition) is 6. The summed E-state index contributed by atoms with van der Waals surface area (Å²) >= 11 is 6.35. The summed E-state index contributed by atoms with van der Waals surface area (Å²) in [5.74, 6) is 1.18. The van der Waals surface area contributed by atoms with Crippen LogP contribution in [-0.4, -0.2) is 66.1 Å². The van der Waals surface area contributed by atoms with Crippen molar-refractivity contribution in [3.8, 4) is 5.95 Å². The first-order chi connectivity index (χ1) is 18.3. The Labute approximate surface area is 228 Å². The molecule has 8 nitrogen and oxygen atoms in total. The molecular formula is C29H33ClN4O4. The largest absolute Gasteiger partial charge is 0.434 e. The normalized spacial score (nSPS) is 19.0. The van der Waals surface area contributed by atoms with Gasteiger partial charge in [-0.05, 0) is 81.0 Å². The Morgan fingerprint density at radius 1 is 1.08 bits per heavy atom. The van der Waals surface area contributed by atoms with E-state index in [1.165, 1.54) is 6.26 Å². The fourth-order valence-corrected chi connectivity index (χ4v) is 5.78. The number of likely N-dealkylation sites (tertiary alicyclic amines) is 2. The van der Waals surface area contributed by atoms with Crippen molar-refractivity contribution in [3.63, 3.8) is 0 Å². The predicted molar refractivity (Wildman–Crippen MR) is 146 cm³/mol. The first-order valence-electron chi connectivity index (χ1n) is 13.0. The Kier molecular flexibility index (Phi) is 7.72. The molecule has 2 saturated heterocycles. The van der Waals surface area contributed by atoms with E-state index in [0.717, 1.165) is 61.5 Å². The molecule has 0 saturated carbocycles. The molecule has 2 aliphatic heterocycles. The molecule has 38 heavy (non-hydrogen) atoms. The van der Waals surface area contributed by atoms with Gasteiger partial charge in [-0.2, -0.15) is 0 Å². The van der Waals surface area contributed by atoms with Crippen LogP contribution in [0.25, 0.3) is 0 Å². The molecule has 2 aromatic heterocycles. The number of aryl methyl sites for hydroxylation is 3. The van der Waals surface area contributed by atoms with Gasteiger partial charge in [0.05, 0.1) is 17.5 Å². The van der Waals surface area contributed by atoms with Crippen LogP contribution in [0.15, 0.2) is 53.3 Å². The molecule has 1 aromatic carbocycles. The number of carbonyl (C=O) groups excluding carboxylic acids is 2. The van der Waals surface area contributed by atoms with E-state index in [0.29, 0.717) is 29.1 Å². The molecule has 0 radical (unpaired) electrons. The number of pyridine rings is 1. The molecule has 2 fully saturated rings. The van der Waals surface area contributed by atoms with Gasteiger partial charge in [0.15, 0.2) is 0 Å². The highest BCUT2D eigenvalue weighted by Gasteiger charge is 2.42. The van der Waals surface area contributed by atoms with Gasteiger partial charge in [0.1, 0.15) is 0 Å². The molecule has 4 heterocycles. The Balaban J connectivity index is 1.17. The number of carbonyl (C=O) groups is 2. The number of furan rings is 1. The number of benzene rings is 1. The molecule has 0 spiro atoms. The summed E-state index contributed by atoms with van der Waals surface area (Å²) in [6, 6.07) is 10.7. The monoisotopic (exact) mass is 536 g/mol. The van der Waals surface area contributed by atoms with E-state index in [1.54, 1.807) is 29.3 Å². The van der Waals surface area contributed by atoms with Crippen LogP contribution in [0.4, 0.5) is 10.5 Å². The number of rotatable bonds is 7. The molecule has 9 heteroatoms. The molecule has 2 unspecified atom stereocenters. The zero-order valence-electron chi connectivity index (χ0n) is 22.0. The summed E-state index contributed by atoms with van der Waals surface area (Å²) in [6.45, 7) is 10.6. The second-order valence-electron chi connectivity index (χ2n) is 10.3. The third-order valence-electron chi connectivity index (χ3n) is 7.64. The van der Waals surface area contributed by atoms with Crippen molar-refractivity contribution in [2.24, 2.45) is 11.8 Å². The molecule has 2 aliphatic rings. The van der Waals surface area contributed by atoms with Crippen LogP contribution in [0, 0.1) is 32.6 Å². The minimum atomic E-state index is -0.506. The first kappa shape index (κ1) is 26.3. The number of aromatic nitrogens is 1. The Hall–Kier alpha value is -3.36. The fourth-order valence-electron chi connectivity index (χ4n) is 5.60. The lowest BCUT2D eigenvalue weighted by Gasteiger charge is -2.25. The third-order valence-corrected chi connectivity index (χ3v) is 8.05. The fraction of sp³-hybridized carbons (Fsp3) is 0.414. The average Bonchev–Trinajstić information content (AvgIpc) is 3.61. The first-order valence-corrected chi connectivity index (χ1v) is 13.4. The van der Waals surface area contributed by atoms with Crippen molar-refractivity contribution in [1.29, 1.82) is 0 Å². The topological polar surface area (TPSA) is 79.1 Å². The van der Waals surface area contributed by atoms with Crippen molar-refractivity contribution in [2.75, 3.05) is 44.2 Å². The zero-order valence-corrected chi connectivity index (χ0v) is 22.8. The zero-order chi connectivity index (χ0) is 26.8. The average molecular weight is 537 g/mol. The van der Waals surface area contributed by atoms with Crippen molar-refractivity contribution in [1.82, 2.24) is 14.8 Å². The van der Waals surface area contributed by atoms with E-state index < -0.39 is 6.09 Å². The number of hydrogen-bond donors (Lipinski definition) is 0. The molecule has 0 N–H and O–H groups in total. The second kappa shape index (κ2) is 11.2. The van der Waals surface area contributed by atoms with E-state index in [9.17, 15) is 9.59 Å². The number of halogens is 1. The van der Waals surface area contributed by atoms with Gasteiger partial charge in [-0.25, -0.2) is 4.79 Å². The summed E-state index contributed by atoms with van der Waals surface area (Å²) in [5.41, 5.74) is 4.14. The summed E-state index contributed by atoms with van der Waals surface area (Å²) < 4.78 is 10.6. The van der Waals surface area contributed by atoms with Gasteiger partial charge in [0.2, 0.25) is 0 Å². The van der Waals surface area contributed by atoms with Crippen LogP contribution in [0.1, 0.15) is 33.6 Å². The maximum Gasteiger partial charge on any atom is 0.422 e. The van der Waals surface area contributed by atoms with Gasteiger partial charge < -0.3 is 19.0 Å². The van der Waals surface area contributed by atoms with E-state index in [4.69, 9.17) is 20.8 Å². The van der Waals surface area contributed by atoms with Gasteiger partial charge in [0, 0.05) is 55.7 Å². The molecule has 3 aromatic rings. The van der Waals surface area contributed by atoms with Crippen molar-refractivity contribution < 1.29 is 18.7 Å². The molecule has 2 atom stereocenters. The molecule has 5 rings (SSSR count). The van der Waals surface area contributed by atoms with E-state index in [2.05, 4.69) is 9.88 Å². The number of nitrogens with zero attached hydrogens (tertiary/aromatic N) is 4. The highest BCUT2D eigenvalue weighted by Crippen LogP contribution is 2.33. The highest BCUT2D eigenvalue weighted by atomic mass is 35.5. The van der Waals surface area contributed by atoms with Crippen LogP contribution >= 0.6 is 11.6 Å². The summed E-state index contributed by atoms with van der Waals surface area (Å²) in [5, 5.41) is 0.599. The summed E-state index contributed by atoms with van der Waals surface area (Å²) in [4.78, 5) is 36.6. The smallest absolute Gasteiger partial charge is 0.422 e.